The monoisotopic (exact) mass is 251 g/mol. The number of H-pyrrole nitrogens is 1. The maximum Gasteiger partial charge on any atom is 0.195 e. The van der Waals surface area contributed by atoms with Crippen LogP contribution in [0, 0.1) is 4.77 Å². The number of aryl methyl sites for hydroxylation is 2. The van der Waals surface area contributed by atoms with Crippen LogP contribution in [0.5, 0.6) is 0 Å². The molecule has 5 nitrogen and oxygen atoms in total. The molecular weight excluding hydrogens is 234 g/mol. The summed E-state index contributed by atoms with van der Waals surface area (Å²) >= 11 is 5.20. The topological polar surface area (TPSA) is 51.4 Å². The molecule has 0 unspecified atom stereocenters. The second-order valence-electron chi connectivity index (χ2n) is 3.96. The molecule has 2 aromatic rings. The van der Waals surface area contributed by atoms with Crippen LogP contribution in [0.1, 0.15) is 25.6 Å². The fraction of sp³-hybridized carbons (Fsp3) is 0.545. The van der Waals surface area contributed by atoms with Crippen LogP contribution in [0.25, 0.3) is 0 Å². The Morgan fingerprint density at radius 2 is 2.18 bits per heavy atom. The van der Waals surface area contributed by atoms with Crippen molar-refractivity contribution in [3.05, 3.63) is 29.3 Å². The first-order valence-electron chi connectivity index (χ1n) is 5.91. The van der Waals surface area contributed by atoms with Gasteiger partial charge in [0.25, 0.3) is 0 Å². The lowest BCUT2D eigenvalue weighted by Crippen LogP contribution is -2.04. The van der Waals surface area contributed by atoms with Crippen molar-refractivity contribution < 1.29 is 0 Å². The largest absolute Gasteiger partial charge is 0.337 e. The molecule has 0 amide bonds. The lowest BCUT2D eigenvalue weighted by atomic mass is 10.3. The Labute approximate surface area is 106 Å². The minimum Gasteiger partial charge on any atom is -0.337 e. The van der Waals surface area contributed by atoms with Gasteiger partial charge in [-0.25, -0.2) is 4.98 Å². The first-order valence-corrected chi connectivity index (χ1v) is 6.32. The van der Waals surface area contributed by atoms with Crippen molar-refractivity contribution >= 4 is 12.2 Å². The highest BCUT2D eigenvalue weighted by atomic mass is 32.1. The quantitative estimate of drug-likeness (QED) is 0.632. The second kappa shape index (κ2) is 5.77. The lowest BCUT2D eigenvalue weighted by Gasteiger charge is -2.05. The highest BCUT2D eigenvalue weighted by Gasteiger charge is 2.02. The standard InChI is InChI=1S/C11H17N5S/c1-2-10-13-14-11(17)16(10)7-4-3-6-15-8-5-12-9-15/h5,8-9H,2-4,6-7H2,1H3,(H,14,17). The summed E-state index contributed by atoms with van der Waals surface area (Å²) in [4.78, 5) is 4.02. The number of nitrogens with one attached hydrogen (secondary N) is 1. The summed E-state index contributed by atoms with van der Waals surface area (Å²) in [7, 11) is 0. The van der Waals surface area contributed by atoms with Gasteiger partial charge in [-0.1, -0.05) is 6.92 Å². The summed E-state index contributed by atoms with van der Waals surface area (Å²) in [5.74, 6) is 1.04. The highest BCUT2D eigenvalue weighted by molar-refractivity contribution is 7.71. The van der Waals surface area contributed by atoms with Gasteiger partial charge in [0.1, 0.15) is 5.82 Å². The van der Waals surface area contributed by atoms with Gasteiger partial charge in [-0.3, -0.25) is 5.10 Å². The molecule has 2 rings (SSSR count). The minimum absolute atomic E-state index is 0.726. The Hall–Kier alpha value is -1.43. The average molecular weight is 251 g/mol. The maximum absolute atomic E-state index is 5.20. The SMILES string of the molecule is CCc1n[nH]c(=S)n1CCCCn1ccnc1. The predicted octanol–water partition coefficient (Wildman–Crippen LogP) is 2.18. The Balaban J connectivity index is 1.82. The van der Waals surface area contributed by atoms with Crippen molar-refractivity contribution in [2.24, 2.45) is 0 Å². The van der Waals surface area contributed by atoms with Crippen LogP contribution in [0.3, 0.4) is 0 Å². The molecular formula is C11H17N5S. The first kappa shape index (κ1) is 12.0. The molecule has 0 bridgehead atoms. The van der Waals surface area contributed by atoms with Gasteiger partial charge in [0.2, 0.25) is 0 Å². The Morgan fingerprint density at radius 3 is 2.88 bits per heavy atom. The van der Waals surface area contributed by atoms with E-state index in [0.29, 0.717) is 0 Å². The van der Waals surface area contributed by atoms with E-state index in [9.17, 15) is 0 Å². The van der Waals surface area contributed by atoms with Gasteiger partial charge in [0, 0.05) is 31.9 Å². The number of nitrogens with zero attached hydrogens (tertiary/aromatic N) is 4. The number of unbranched alkanes of at least 4 members (excludes halogenated alkanes) is 1. The molecule has 0 aliphatic rings. The fourth-order valence-electron chi connectivity index (χ4n) is 1.83. The van der Waals surface area contributed by atoms with Crippen molar-refractivity contribution in [3.63, 3.8) is 0 Å². The predicted molar refractivity (Wildman–Crippen MR) is 68.3 cm³/mol. The van der Waals surface area contributed by atoms with E-state index >= 15 is 0 Å². The molecule has 92 valence electrons. The highest BCUT2D eigenvalue weighted by Crippen LogP contribution is 2.03. The van der Waals surface area contributed by atoms with Crippen molar-refractivity contribution in [2.45, 2.75) is 39.3 Å². The van der Waals surface area contributed by atoms with E-state index in [2.05, 4.69) is 31.2 Å². The third kappa shape index (κ3) is 3.03. The molecule has 0 radical (unpaired) electrons. The molecule has 0 saturated carbocycles. The summed E-state index contributed by atoms with van der Waals surface area (Å²) in [6, 6.07) is 0. The number of hydrogen-bond acceptors (Lipinski definition) is 3. The van der Waals surface area contributed by atoms with Gasteiger partial charge in [0.15, 0.2) is 4.77 Å². The van der Waals surface area contributed by atoms with E-state index in [0.717, 1.165) is 42.9 Å². The second-order valence-corrected chi connectivity index (χ2v) is 4.34. The zero-order valence-electron chi connectivity index (χ0n) is 9.96. The third-order valence-electron chi connectivity index (χ3n) is 2.76. The maximum atomic E-state index is 5.20. The molecule has 0 spiro atoms. The summed E-state index contributed by atoms with van der Waals surface area (Å²) in [6.45, 7) is 4.03. The van der Waals surface area contributed by atoms with Gasteiger partial charge in [-0.05, 0) is 25.1 Å². The van der Waals surface area contributed by atoms with Crippen molar-refractivity contribution in [3.8, 4) is 0 Å². The van der Waals surface area contributed by atoms with E-state index in [-0.39, 0.29) is 0 Å². The van der Waals surface area contributed by atoms with Crippen LogP contribution in [-0.4, -0.2) is 24.3 Å². The zero-order valence-corrected chi connectivity index (χ0v) is 10.8. The van der Waals surface area contributed by atoms with Gasteiger partial charge in [-0.15, -0.1) is 0 Å². The van der Waals surface area contributed by atoms with Crippen LogP contribution in [0.15, 0.2) is 18.7 Å². The van der Waals surface area contributed by atoms with Crippen molar-refractivity contribution in [1.82, 2.24) is 24.3 Å². The molecule has 0 atom stereocenters. The van der Waals surface area contributed by atoms with Crippen molar-refractivity contribution in [2.75, 3.05) is 0 Å². The normalized spacial score (nSPS) is 10.9. The molecule has 0 fully saturated rings. The molecule has 2 aromatic heterocycles. The summed E-state index contributed by atoms with van der Waals surface area (Å²) < 4.78 is 4.91. The molecule has 1 N–H and O–H groups in total. The molecule has 2 heterocycles. The number of hydrogen-bond donors (Lipinski definition) is 1. The molecule has 0 aliphatic heterocycles. The molecule has 6 heteroatoms. The van der Waals surface area contributed by atoms with Gasteiger partial charge >= 0.3 is 0 Å². The molecule has 0 aliphatic carbocycles. The van der Waals surface area contributed by atoms with E-state index in [1.165, 1.54) is 0 Å². The van der Waals surface area contributed by atoms with E-state index in [4.69, 9.17) is 12.2 Å². The van der Waals surface area contributed by atoms with Crippen LogP contribution >= 0.6 is 12.2 Å². The van der Waals surface area contributed by atoms with Crippen molar-refractivity contribution in [1.29, 1.82) is 0 Å². The van der Waals surface area contributed by atoms with E-state index in [1.807, 2.05) is 12.5 Å². The molecule has 17 heavy (non-hydrogen) atoms. The number of rotatable bonds is 6. The van der Waals surface area contributed by atoms with Gasteiger partial charge < -0.3 is 9.13 Å². The van der Waals surface area contributed by atoms with E-state index in [1.54, 1.807) is 6.20 Å². The Bertz CT molecular complexity index is 496. The first-order chi connectivity index (χ1) is 8.31. The average Bonchev–Trinajstić information content (AvgIpc) is 2.95. The minimum atomic E-state index is 0.726. The molecule has 0 saturated heterocycles. The number of imidazole rings is 1. The van der Waals surface area contributed by atoms with Crippen LogP contribution in [0.4, 0.5) is 0 Å². The van der Waals surface area contributed by atoms with Crippen LogP contribution < -0.4 is 0 Å². The fourth-order valence-corrected chi connectivity index (χ4v) is 2.08. The van der Waals surface area contributed by atoms with Gasteiger partial charge in [0.05, 0.1) is 6.33 Å². The van der Waals surface area contributed by atoms with Crippen LogP contribution in [0.2, 0.25) is 0 Å². The third-order valence-corrected chi connectivity index (χ3v) is 3.07. The van der Waals surface area contributed by atoms with E-state index < -0.39 is 0 Å². The lowest BCUT2D eigenvalue weighted by molar-refractivity contribution is 0.538. The number of aromatic nitrogens is 5. The Morgan fingerprint density at radius 1 is 1.35 bits per heavy atom. The summed E-state index contributed by atoms with van der Waals surface area (Å²) in [5.41, 5.74) is 0. The smallest absolute Gasteiger partial charge is 0.195 e. The Kier molecular flexibility index (Phi) is 4.08. The van der Waals surface area contributed by atoms with Gasteiger partial charge in [-0.2, -0.15) is 5.10 Å². The van der Waals surface area contributed by atoms with Crippen LogP contribution in [-0.2, 0) is 19.5 Å². The molecule has 0 aromatic carbocycles. The summed E-state index contributed by atoms with van der Waals surface area (Å²) in [6.07, 6.45) is 8.77. The number of aromatic amines is 1. The zero-order chi connectivity index (χ0) is 12.1. The summed E-state index contributed by atoms with van der Waals surface area (Å²) in [5, 5.41) is 7.04.